The lowest BCUT2D eigenvalue weighted by Crippen LogP contribution is -2.47. The second-order valence-corrected chi connectivity index (χ2v) is 3.91. The predicted molar refractivity (Wildman–Crippen MR) is 66.3 cm³/mol. The minimum Gasteiger partial charge on any atom is -0.380 e. The Labute approximate surface area is 95.2 Å². The van der Waals surface area contributed by atoms with Crippen LogP contribution in [0.3, 0.4) is 0 Å². The monoisotopic (exact) mass is 216 g/mol. The molecule has 0 aromatic heterocycles. The van der Waals surface area contributed by atoms with E-state index < -0.39 is 0 Å². The summed E-state index contributed by atoms with van der Waals surface area (Å²) in [4.78, 5) is 2.46. The van der Waals surface area contributed by atoms with Crippen LogP contribution in [0.4, 0.5) is 0 Å². The standard InChI is InChI=1S/C12H28N2O/c1-6-13-11(4)12(5)14(7-2)9-10-15-8-3/h11-13H,6-10H2,1-5H3. The van der Waals surface area contributed by atoms with Crippen molar-refractivity contribution in [3.63, 3.8) is 0 Å². The summed E-state index contributed by atoms with van der Waals surface area (Å²) in [6.45, 7) is 15.7. The number of ether oxygens (including phenoxy) is 1. The summed E-state index contributed by atoms with van der Waals surface area (Å²) >= 11 is 0. The maximum Gasteiger partial charge on any atom is 0.0593 e. The lowest BCUT2D eigenvalue weighted by molar-refractivity contribution is 0.0921. The molecule has 0 saturated heterocycles. The zero-order chi connectivity index (χ0) is 11.7. The molecular weight excluding hydrogens is 188 g/mol. The number of nitrogens with zero attached hydrogens (tertiary/aromatic N) is 1. The molecular formula is C12H28N2O. The molecule has 92 valence electrons. The topological polar surface area (TPSA) is 24.5 Å². The fraction of sp³-hybridized carbons (Fsp3) is 1.00. The van der Waals surface area contributed by atoms with Gasteiger partial charge in [0.05, 0.1) is 6.61 Å². The van der Waals surface area contributed by atoms with Gasteiger partial charge in [0.1, 0.15) is 0 Å². The molecule has 3 heteroatoms. The molecule has 0 aliphatic carbocycles. The van der Waals surface area contributed by atoms with Gasteiger partial charge in [-0.15, -0.1) is 0 Å². The molecule has 0 rings (SSSR count). The van der Waals surface area contributed by atoms with Gasteiger partial charge >= 0.3 is 0 Å². The summed E-state index contributed by atoms with van der Waals surface area (Å²) in [6, 6.07) is 1.10. The van der Waals surface area contributed by atoms with Gasteiger partial charge in [-0.1, -0.05) is 13.8 Å². The van der Waals surface area contributed by atoms with E-state index in [1.165, 1.54) is 0 Å². The molecule has 1 N–H and O–H groups in total. The van der Waals surface area contributed by atoms with E-state index in [1.54, 1.807) is 0 Å². The zero-order valence-corrected chi connectivity index (χ0v) is 11.0. The van der Waals surface area contributed by atoms with Gasteiger partial charge in [0.15, 0.2) is 0 Å². The van der Waals surface area contributed by atoms with Crippen LogP contribution in [0.5, 0.6) is 0 Å². The Kier molecular flexibility index (Phi) is 9.06. The molecule has 0 radical (unpaired) electrons. The fourth-order valence-corrected chi connectivity index (χ4v) is 1.78. The van der Waals surface area contributed by atoms with Crippen LogP contribution in [0.1, 0.15) is 34.6 Å². The van der Waals surface area contributed by atoms with Gasteiger partial charge in [-0.3, -0.25) is 4.90 Å². The van der Waals surface area contributed by atoms with E-state index in [1.807, 2.05) is 6.92 Å². The van der Waals surface area contributed by atoms with E-state index >= 15 is 0 Å². The Balaban J connectivity index is 3.91. The number of nitrogens with one attached hydrogen (secondary N) is 1. The van der Waals surface area contributed by atoms with E-state index in [0.717, 1.165) is 32.8 Å². The molecule has 0 heterocycles. The average molecular weight is 216 g/mol. The number of rotatable bonds is 9. The van der Waals surface area contributed by atoms with Crippen LogP contribution in [-0.2, 0) is 4.74 Å². The largest absolute Gasteiger partial charge is 0.380 e. The summed E-state index contributed by atoms with van der Waals surface area (Å²) in [7, 11) is 0. The number of likely N-dealkylation sites (N-methyl/N-ethyl adjacent to an activating group) is 2. The highest BCUT2D eigenvalue weighted by molar-refractivity contribution is 4.76. The number of hydrogen-bond acceptors (Lipinski definition) is 3. The van der Waals surface area contributed by atoms with E-state index in [-0.39, 0.29) is 0 Å². The van der Waals surface area contributed by atoms with Crippen molar-refractivity contribution in [1.82, 2.24) is 10.2 Å². The second kappa shape index (κ2) is 9.13. The Hall–Kier alpha value is -0.120. The summed E-state index contributed by atoms with van der Waals surface area (Å²) < 4.78 is 5.39. The normalized spacial score (nSPS) is 15.6. The molecule has 15 heavy (non-hydrogen) atoms. The van der Waals surface area contributed by atoms with Crippen molar-refractivity contribution in [2.24, 2.45) is 0 Å². The third-order valence-electron chi connectivity index (χ3n) is 2.96. The van der Waals surface area contributed by atoms with Crippen molar-refractivity contribution in [2.45, 2.75) is 46.7 Å². The smallest absolute Gasteiger partial charge is 0.0593 e. The van der Waals surface area contributed by atoms with Gasteiger partial charge < -0.3 is 10.1 Å². The fourth-order valence-electron chi connectivity index (χ4n) is 1.78. The first-order valence-electron chi connectivity index (χ1n) is 6.22. The van der Waals surface area contributed by atoms with Gasteiger partial charge in [0.2, 0.25) is 0 Å². The molecule has 0 amide bonds. The highest BCUT2D eigenvalue weighted by Gasteiger charge is 2.17. The lowest BCUT2D eigenvalue weighted by Gasteiger charge is -2.32. The first-order valence-corrected chi connectivity index (χ1v) is 6.22. The van der Waals surface area contributed by atoms with E-state index in [4.69, 9.17) is 4.74 Å². The van der Waals surface area contributed by atoms with Gasteiger partial charge in [0, 0.05) is 25.2 Å². The first kappa shape index (κ1) is 14.9. The summed E-state index contributed by atoms with van der Waals surface area (Å²) in [5.74, 6) is 0. The van der Waals surface area contributed by atoms with Crippen molar-refractivity contribution in [1.29, 1.82) is 0 Å². The molecule has 0 fully saturated rings. The first-order chi connectivity index (χ1) is 7.17. The Morgan fingerprint density at radius 3 is 2.33 bits per heavy atom. The number of hydrogen-bond donors (Lipinski definition) is 1. The van der Waals surface area contributed by atoms with Crippen LogP contribution >= 0.6 is 0 Å². The zero-order valence-electron chi connectivity index (χ0n) is 11.0. The van der Waals surface area contributed by atoms with Crippen molar-refractivity contribution < 1.29 is 4.74 Å². The van der Waals surface area contributed by atoms with Crippen LogP contribution in [0, 0.1) is 0 Å². The van der Waals surface area contributed by atoms with Gasteiger partial charge in [0.25, 0.3) is 0 Å². The Bertz CT molecular complexity index is 142. The maximum atomic E-state index is 5.39. The molecule has 0 aromatic rings. The molecule has 0 bridgehead atoms. The van der Waals surface area contributed by atoms with Crippen LogP contribution in [0.15, 0.2) is 0 Å². The Morgan fingerprint density at radius 2 is 1.87 bits per heavy atom. The molecule has 2 atom stereocenters. The summed E-state index contributed by atoms with van der Waals surface area (Å²) in [6.07, 6.45) is 0. The predicted octanol–water partition coefficient (Wildman–Crippen LogP) is 1.73. The van der Waals surface area contributed by atoms with E-state index in [2.05, 4.69) is 37.9 Å². The quantitative estimate of drug-likeness (QED) is 0.594. The molecule has 0 spiro atoms. The van der Waals surface area contributed by atoms with Gasteiger partial charge in [-0.25, -0.2) is 0 Å². The van der Waals surface area contributed by atoms with E-state index in [0.29, 0.717) is 12.1 Å². The highest BCUT2D eigenvalue weighted by Crippen LogP contribution is 2.03. The highest BCUT2D eigenvalue weighted by atomic mass is 16.5. The van der Waals surface area contributed by atoms with Crippen molar-refractivity contribution in [2.75, 3.05) is 32.8 Å². The molecule has 3 nitrogen and oxygen atoms in total. The van der Waals surface area contributed by atoms with Gasteiger partial charge in [-0.05, 0) is 33.9 Å². The third-order valence-corrected chi connectivity index (χ3v) is 2.96. The average Bonchev–Trinajstić information content (AvgIpc) is 2.24. The van der Waals surface area contributed by atoms with Crippen LogP contribution in [-0.4, -0.2) is 49.8 Å². The Morgan fingerprint density at radius 1 is 1.20 bits per heavy atom. The molecule has 2 unspecified atom stereocenters. The van der Waals surface area contributed by atoms with Crippen LogP contribution in [0.2, 0.25) is 0 Å². The molecule has 0 aliphatic rings. The van der Waals surface area contributed by atoms with Crippen molar-refractivity contribution in [3.8, 4) is 0 Å². The minimum absolute atomic E-state index is 0.538. The van der Waals surface area contributed by atoms with Crippen LogP contribution < -0.4 is 5.32 Å². The summed E-state index contributed by atoms with van der Waals surface area (Å²) in [5, 5.41) is 3.47. The minimum atomic E-state index is 0.538. The summed E-state index contributed by atoms with van der Waals surface area (Å²) in [5.41, 5.74) is 0. The van der Waals surface area contributed by atoms with E-state index in [9.17, 15) is 0 Å². The molecule has 0 aromatic carbocycles. The third kappa shape index (κ3) is 6.13. The SMILES string of the molecule is CCNC(C)C(C)N(CC)CCOCC. The van der Waals surface area contributed by atoms with Crippen molar-refractivity contribution in [3.05, 3.63) is 0 Å². The molecule has 0 aliphatic heterocycles. The molecule has 0 saturated carbocycles. The van der Waals surface area contributed by atoms with Crippen LogP contribution in [0.25, 0.3) is 0 Å². The van der Waals surface area contributed by atoms with Crippen molar-refractivity contribution >= 4 is 0 Å². The van der Waals surface area contributed by atoms with Gasteiger partial charge in [-0.2, -0.15) is 0 Å². The second-order valence-electron chi connectivity index (χ2n) is 3.91. The maximum absolute atomic E-state index is 5.39. The lowest BCUT2D eigenvalue weighted by atomic mass is 10.1.